The van der Waals surface area contributed by atoms with Crippen molar-refractivity contribution in [2.24, 2.45) is 0 Å². The lowest BCUT2D eigenvalue weighted by molar-refractivity contribution is 0.112. The van der Waals surface area contributed by atoms with E-state index in [1.165, 1.54) is 11.3 Å². The Morgan fingerprint density at radius 3 is 3.00 bits per heavy atom. The van der Waals surface area contributed by atoms with E-state index in [0.717, 1.165) is 11.2 Å². The summed E-state index contributed by atoms with van der Waals surface area (Å²) in [6.45, 7) is 0. The highest BCUT2D eigenvalue weighted by molar-refractivity contribution is 7.13. The molecule has 0 aliphatic carbocycles. The van der Waals surface area contributed by atoms with Crippen LogP contribution in [-0.2, 0) is 6.42 Å². The van der Waals surface area contributed by atoms with Crippen molar-refractivity contribution in [2.75, 3.05) is 0 Å². The van der Waals surface area contributed by atoms with E-state index in [9.17, 15) is 4.79 Å². The summed E-state index contributed by atoms with van der Waals surface area (Å²) in [6.07, 6.45) is 1.20. The van der Waals surface area contributed by atoms with E-state index in [1.807, 2.05) is 6.07 Å². The van der Waals surface area contributed by atoms with Crippen LogP contribution in [0.1, 0.15) is 14.5 Å². The summed E-state index contributed by atoms with van der Waals surface area (Å²) >= 11 is 1.37. The average Bonchev–Trinajstić information content (AvgIpc) is 2.37. The number of rotatable bonds is 2. The Morgan fingerprint density at radius 2 is 2.50 bits per heavy atom. The SMILES string of the molecule is N#CCc1ccc(C=O)s1. The molecule has 50 valence electrons. The zero-order chi connectivity index (χ0) is 7.40. The van der Waals surface area contributed by atoms with Crippen molar-refractivity contribution in [3.05, 3.63) is 21.9 Å². The average molecular weight is 151 g/mol. The maximum atomic E-state index is 10.2. The van der Waals surface area contributed by atoms with Crippen molar-refractivity contribution < 1.29 is 4.79 Å². The molecule has 1 heterocycles. The summed E-state index contributed by atoms with van der Waals surface area (Å²) in [5.74, 6) is 0. The fourth-order valence-electron chi connectivity index (χ4n) is 0.631. The molecule has 0 aliphatic rings. The second-order valence-corrected chi connectivity index (χ2v) is 2.96. The van der Waals surface area contributed by atoms with E-state index in [1.54, 1.807) is 12.1 Å². The van der Waals surface area contributed by atoms with Gasteiger partial charge in [-0.25, -0.2) is 0 Å². The summed E-state index contributed by atoms with van der Waals surface area (Å²) in [5.41, 5.74) is 0. The maximum absolute atomic E-state index is 10.2. The number of hydrogen-bond acceptors (Lipinski definition) is 3. The Bertz CT molecular complexity index is 271. The van der Waals surface area contributed by atoms with E-state index in [4.69, 9.17) is 5.26 Å². The number of hydrogen-bond donors (Lipinski definition) is 0. The van der Waals surface area contributed by atoms with Gasteiger partial charge in [0.2, 0.25) is 0 Å². The molecule has 0 aromatic carbocycles. The summed E-state index contributed by atoms with van der Waals surface area (Å²) in [4.78, 5) is 11.8. The molecule has 0 radical (unpaired) electrons. The molecule has 0 fully saturated rings. The first kappa shape index (κ1) is 6.97. The van der Waals surface area contributed by atoms with Crippen LogP contribution in [0.2, 0.25) is 0 Å². The van der Waals surface area contributed by atoms with Gasteiger partial charge in [0.05, 0.1) is 17.4 Å². The Labute approximate surface area is 62.7 Å². The van der Waals surface area contributed by atoms with Crippen molar-refractivity contribution in [3.63, 3.8) is 0 Å². The van der Waals surface area contributed by atoms with Crippen molar-refractivity contribution in [2.45, 2.75) is 6.42 Å². The van der Waals surface area contributed by atoms with E-state index < -0.39 is 0 Å². The molecule has 0 saturated heterocycles. The van der Waals surface area contributed by atoms with Crippen molar-refractivity contribution in [1.29, 1.82) is 5.26 Å². The Balaban J connectivity index is 2.80. The lowest BCUT2D eigenvalue weighted by Gasteiger charge is -1.78. The van der Waals surface area contributed by atoms with Gasteiger partial charge in [-0.2, -0.15) is 5.26 Å². The van der Waals surface area contributed by atoms with Crippen LogP contribution in [-0.4, -0.2) is 6.29 Å². The van der Waals surface area contributed by atoms with Crippen molar-refractivity contribution >= 4 is 17.6 Å². The highest BCUT2D eigenvalue weighted by Gasteiger charge is 1.96. The van der Waals surface area contributed by atoms with Crippen LogP contribution < -0.4 is 0 Å². The molecule has 2 nitrogen and oxygen atoms in total. The van der Waals surface area contributed by atoms with Crippen molar-refractivity contribution in [1.82, 2.24) is 0 Å². The molecule has 0 atom stereocenters. The number of aldehydes is 1. The Morgan fingerprint density at radius 1 is 1.70 bits per heavy atom. The minimum atomic E-state index is 0.401. The normalized spacial score (nSPS) is 8.70. The monoisotopic (exact) mass is 151 g/mol. The summed E-state index contributed by atoms with van der Waals surface area (Å²) < 4.78 is 0. The third-order valence-corrected chi connectivity index (χ3v) is 2.06. The van der Waals surface area contributed by atoms with Crippen LogP contribution in [0.25, 0.3) is 0 Å². The Kier molecular flexibility index (Phi) is 2.19. The molecule has 1 rings (SSSR count). The van der Waals surface area contributed by atoms with Gasteiger partial charge in [0.15, 0.2) is 6.29 Å². The molecule has 0 spiro atoms. The van der Waals surface area contributed by atoms with Crippen molar-refractivity contribution in [3.8, 4) is 6.07 Å². The zero-order valence-electron chi connectivity index (χ0n) is 5.20. The first-order valence-electron chi connectivity index (χ1n) is 2.77. The summed E-state index contributed by atoms with van der Waals surface area (Å²) in [6, 6.07) is 5.55. The van der Waals surface area contributed by atoms with Gasteiger partial charge in [-0.3, -0.25) is 4.79 Å². The Hall–Kier alpha value is -1.14. The second kappa shape index (κ2) is 3.14. The number of thiophene rings is 1. The van der Waals surface area contributed by atoms with Gasteiger partial charge in [-0.05, 0) is 12.1 Å². The van der Waals surface area contributed by atoms with Crippen LogP contribution >= 0.6 is 11.3 Å². The molecule has 0 aliphatic heterocycles. The molecule has 0 N–H and O–H groups in total. The molecular formula is C7H5NOS. The van der Waals surface area contributed by atoms with E-state index >= 15 is 0 Å². The largest absolute Gasteiger partial charge is 0.297 e. The molecule has 0 bridgehead atoms. The third kappa shape index (κ3) is 1.42. The van der Waals surface area contributed by atoms with Crippen LogP contribution in [0.15, 0.2) is 12.1 Å². The number of nitrogens with zero attached hydrogens (tertiary/aromatic N) is 1. The highest BCUT2D eigenvalue weighted by atomic mass is 32.1. The standard InChI is InChI=1S/C7H5NOS/c8-4-3-6-1-2-7(5-9)10-6/h1-2,5H,3H2. The fourth-order valence-corrected chi connectivity index (χ4v) is 1.39. The minimum Gasteiger partial charge on any atom is -0.297 e. The van der Waals surface area contributed by atoms with Crippen LogP contribution in [0.5, 0.6) is 0 Å². The molecule has 0 amide bonds. The first-order valence-corrected chi connectivity index (χ1v) is 3.59. The zero-order valence-corrected chi connectivity index (χ0v) is 6.02. The maximum Gasteiger partial charge on any atom is 0.160 e. The minimum absolute atomic E-state index is 0.401. The summed E-state index contributed by atoms with van der Waals surface area (Å²) in [7, 11) is 0. The predicted octanol–water partition coefficient (Wildman–Crippen LogP) is 1.63. The number of carbonyl (C=O) groups excluding carboxylic acids is 1. The fraction of sp³-hybridized carbons (Fsp3) is 0.143. The molecule has 10 heavy (non-hydrogen) atoms. The smallest absolute Gasteiger partial charge is 0.160 e. The van der Waals surface area contributed by atoms with Crippen LogP contribution in [0.3, 0.4) is 0 Å². The highest BCUT2D eigenvalue weighted by Crippen LogP contribution is 2.14. The van der Waals surface area contributed by atoms with Gasteiger partial charge in [-0.15, -0.1) is 11.3 Å². The number of nitriles is 1. The van der Waals surface area contributed by atoms with Gasteiger partial charge in [0.25, 0.3) is 0 Å². The van der Waals surface area contributed by atoms with Crippen LogP contribution in [0.4, 0.5) is 0 Å². The molecule has 0 unspecified atom stereocenters. The lowest BCUT2D eigenvalue weighted by atomic mass is 10.4. The first-order chi connectivity index (χ1) is 4.86. The molecular weight excluding hydrogens is 146 g/mol. The van der Waals surface area contributed by atoms with E-state index in [-0.39, 0.29) is 0 Å². The van der Waals surface area contributed by atoms with E-state index in [0.29, 0.717) is 11.3 Å². The predicted molar refractivity (Wildman–Crippen MR) is 39.0 cm³/mol. The topological polar surface area (TPSA) is 40.9 Å². The molecule has 1 aromatic rings. The third-order valence-electron chi connectivity index (χ3n) is 1.05. The number of carbonyl (C=O) groups is 1. The van der Waals surface area contributed by atoms with Gasteiger partial charge in [0, 0.05) is 4.88 Å². The lowest BCUT2D eigenvalue weighted by Crippen LogP contribution is -1.68. The second-order valence-electron chi connectivity index (χ2n) is 1.76. The molecule has 0 saturated carbocycles. The molecule has 1 aromatic heterocycles. The van der Waals surface area contributed by atoms with Gasteiger partial charge >= 0.3 is 0 Å². The summed E-state index contributed by atoms with van der Waals surface area (Å²) in [5, 5.41) is 8.27. The van der Waals surface area contributed by atoms with E-state index in [2.05, 4.69) is 0 Å². The van der Waals surface area contributed by atoms with Gasteiger partial charge < -0.3 is 0 Å². The van der Waals surface area contributed by atoms with Crippen LogP contribution in [0, 0.1) is 11.3 Å². The molecule has 3 heteroatoms. The quantitative estimate of drug-likeness (QED) is 0.603. The van der Waals surface area contributed by atoms with Gasteiger partial charge in [-0.1, -0.05) is 0 Å². The van der Waals surface area contributed by atoms with Gasteiger partial charge in [0.1, 0.15) is 0 Å².